The van der Waals surface area contributed by atoms with Crippen LogP contribution in [0.1, 0.15) is 37.0 Å². The fraction of sp³-hybridized carbons (Fsp3) is 0.500. The molecule has 0 spiro atoms. The van der Waals surface area contributed by atoms with E-state index in [4.69, 9.17) is 5.11 Å². The minimum Gasteiger partial charge on any atom is -0.396 e. The number of anilines is 1. The number of aliphatic hydroxyl groups is 1. The van der Waals surface area contributed by atoms with E-state index in [0.717, 1.165) is 18.7 Å². The normalized spacial score (nSPS) is 11.9. The zero-order valence-corrected chi connectivity index (χ0v) is 11.1. The molecule has 18 heavy (non-hydrogen) atoms. The highest BCUT2D eigenvalue weighted by Gasteiger charge is 2.12. The summed E-state index contributed by atoms with van der Waals surface area (Å²) in [5.74, 6) is -0.0722. The lowest BCUT2D eigenvalue weighted by atomic mass is 10.1. The van der Waals surface area contributed by atoms with Gasteiger partial charge in [-0.05, 0) is 38.8 Å². The zero-order chi connectivity index (χ0) is 13.4. The molecule has 0 aliphatic rings. The van der Waals surface area contributed by atoms with Crippen LogP contribution < -0.4 is 10.6 Å². The first kappa shape index (κ1) is 14.5. The highest BCUT2D eigenvalue weighted by molar-refractivity contribution is 5.99. The van der Waals surface area contributed by atoms with Gasteiger partial charge in [0.05, 0.1) is 5.56 Å². The Hall–Kier alpha value is -1.55. The second-order valence-corrected chi connectivity index (χ2v) is 4.32. The molecule has 100 valence electrons. The quantitative estimate of drug-likeness (QED) is 0.693. The number of benzene rings is 1. The molecule has 0 aromatic heterocycles. The van der Waals surface area contributed by atoms with Crippen LogP contribution in [-0.2, 0) is 0 Å². The average Bonchev–Trinajstić information content (AvgIpc) is 2.37. The summed E-state index contributed by atoms with van der Waals surface area (Å²) in [7, 11) is 0. The van der Waals surface area contributed by atoms with Crippen molar-refractivity contribution in [1.82, 2.24) is 5.32 Å². The number of hydrogen-bond acceptors (Lipinski definition) is 3. The van der Waals surface area contributed by atoms with Crippen LogP contribution in [0.5, 0.6) is 0 Å². The molecule has 0 heterocycles. The van der Waals surface area contributed by atoms with Crippen molar-refractivity contribution in [2.75, 3.05) is 18.5 Å². The lowest BCUT2D eigenvalue weighted by Gasteiger charge is -2.15. The molecule has 0 aliphatic heterocycles. The van der Waals surface area contributed by atoms with Crippen LogP contribution in [-0.4, -0.2) is 30.2 Å². The first-order valence-electron chi connectivity index (χ1n) is 6.43. The average molecular weight is 250 g/mol. The Morgan fingerprint density at radius 1 is 1.39 bits per heavy atom. The van der Waals surface area contributed by atoms with E-state index in [9.17, 15) is 4.79 Å². The van der Waals surface area contributed by atoms with Gasteiger partial charge in [-0.1, -0.05) is 12.1 Å². The van der Waals surface area contributed by atoms with Crippen LogP contribution in [0.3, 0.4) is 0 Å². The van der Waals surface area contributed by atoms with Gasteiger partial charge in [0.1, 0.15) is 0 Å². The van der Waals surface area contributed by atoms with Gasteiger partial charge in [0.15, 0.2) is 0 Å². The number of amides is 1. The molecule has 1 aromatic rings. The van der Waals surface area contributed by atoms with E-state index in [1.54, 1.807) is 0 Å². The summed E-state index contributed by atoms with van der Waals surface area (Å²) >= 11 is 0. The van der Waals surface area contributed by atoms with Crippen molar-refractivity contribution in [3.63, 3.8) is 0 Å². The molecule has 4 nitrogen and oxygen atoms in total. The van der Waals surface area contributed by atoms with Crippen molar-refractivity contribution in [2.24, 2.45) is 0 Å². The molecule has 4 heteroatoms. The maximum Gasteiger partial charge on any atom is 0.253 e. The van der Waals surface area contributed by atoms with Crippen LogP contribution in [0.25, 0.3) is 0 Å². The van der Waals surface area contributed by atoms with Crippen LogP contribution in [0.15, 0.2) is 24.3 Å². The Morgan fingerprint density at radius 2 is 2.11 bits per heavy atom. The summed E-state index contributed by atoms with van der Waals surface area (Å²) in [4.78, 5) is 12.1. The van der Waals surface area contributed by atoms with Crippen LogP contribution >= 0.6 is 0 Å². The van der Waals surface area contributed by atoms with Crippen LogP contribution in [0, 0.1) is 0 Å². The van der Waals surface area contributed by atoms with E-state index in [2.05, 4.69) is 10.6 Å². The monoisotopic (exact) mass is 250 g/mol. The summed E-state index contributed by atoms with van der Waals surface area (Å²) in [6, 6.07) is 7.54. The topological polar surface area (TPSA) is 61.4 Å². The Labute approximate surface area is 108 Å². The summed E-state index contributed by atoms with van der Waals surface area (Å²) in [5, 5.41) is 14.9. The van der Waals surface area contributed by atoms with E-state index in [1.165, 1.54) is 0 Å². The number of hydrogen-bond donors (Lipinski definition) is 3. The smallest absolute Gasteiger partial charge is 0.253 e. The van der Waals surface area contributed by atoms with E-state index < -0.39 is 0 Å². The third kappa shape index (κ3) is 4.37. The second-order valence-electron chi connectivity index (χ2n) is 4.32. The van der Waals surface area contributed by atoms with Crippen molar-refractivity contribution in [2.45, 2.75) is 32.7 Å². The molecule has 1 rings (SSSR count). The Bertz CT molecular complexity index is 380. The van der Waals surface area contributed by atoms with Gasteiger partial charge in [0, 0.05) is 24.9 Å². The molecule has 1 atom stereocenters. The molecular weight excluding hydrogens is 228 g/mol. The van der Waals surface area contributed by atoms with Gasteiger partial charge in [-0.25, -0.2) is 0 Å². The van der Waals surface area contributed by atoms with E-state index in [-0.39, 0.29) is 18.6 Å². The highest BCUT2D eigenvalue weighted by atomic mass is 16.2. The van der Waals surface area contributed by atoms with Crippen molar-refractivity contribution in [3.8, 4) is 0 Å². The maximum atomic E-state index is 12.1. The minimum absolute atomic E-state index is 0.0688. The lowest BCUT2D eigenvalue weighted by Crippen LogP contribution is -2.33. The molecule has 0 aliphatic carbocycles. The fourth-order valence-electron chi connectivity index (χ4n) is 1.80. The predicted octanol–water partition coefficient (Wildman–Crippen LogP) is 2.01. The predicted molar refractivity (Wildman–Crippen MR) is 73.9 cm³/mol. The highest BCUT2D eigenvalue weighted by Crippen LogP contribution is 2.14. The minimum atomic E-state index is -0.0722. The first-order chi connectivity index (χ1) is 8.69. The number of rotatable bonds is 7. The van der Waals surface area contributed by atoms with Gasteiger partial charge in [-0.2, -0.15) is 0 Å². The molecular formula is C14H22N2O2. The van der Waals surface area contributed by atoms with E-state index in [0.29, 0.717) is 12.0 Å². The van der Waals surface area contributed by atoms with Crippen molar-refractivity contribution >= 4 is 11.6 Å². The molecule has 0 radical (unpaired) electrons. The molecule has 1 aromatic carbocycles. The third-order valence-electron chi connectivity index (χ3n) is 2.71. The molecule has 0 bridgehead atoms. The Balaban J connectivity index is 2.65. The second kappa shape index (κ2) is 7.71. The van der Waals surface area contributed by atoms with Crippen molar-refractivity contribution in [1.29, 1.82) is 0 Å². The van der Waals surface area contributed by atoms with Crippen LogP contribution in [0.4, 0.5) is 5.69 Å². The summed E-state index contributed by atoms with van der Waals surface area (Å²) in [5.41, 5.74) is 1.52. The maximum absolute atomic E-state index is 12.1. The molecule has 1 unspecified atom stereocenters. The number of para-hydroxylation sites is 1. The van der Waals surface area contributed by atoms with E-state index >= 15 is 0 Å². The molecule has 1 amide bonds. The summed E-state index contributed by atoms with van der Waals surface area (Å²) < 4.78 is 0. The molecule has 3 N–H and O–H groups in total. The van der Waals surface area contributed by atoms with E-state index in [1.807, 2.05) is 38.1 Å². The molecule has 0 saturated heterocycles. The number of nitrogens with one attached hydrogen (secondary N) is 2. The largest absolute Gasteiger partial charge is 0.396 e. The summed E-state index contributed by atoms with van der Waals surface area (Å²) in [6.45, 7) is 4.89. The SMILES string of the molecule is CCNc1ccccc1C(=O)NC(C)CCCO. The zero-order valence-electron chi connectivity index (χ0n) is 11.1. The van der Waals surface area contributed by atoms with Crippen LogP contribution in [0.2, 0.25) is 0 Å². The molecule has 0 saturated carbocycles. The van der Waals surface area contributed by atoms with Gasteiger partial charge in [0.25, 0.3) is 5.91 Å². The summed E-state index contributed by atoms with van der Waals surface area (Å²) in [6.07, 6.45) is 1.49. The standard InChI is InChI=1S/C14H22N2O2/c1-3-15-13-9-5-4-8-12(13)14(18)16-11(2)7-6-10-17/h4-5,8-9,11,15,17H,3,6-7,10H2,1-2H3,(H,16,18). The lowest BCUT2D eigenvalue weighted by molar-refractivity contribution is 0.0937. The third-order valence-corrected chi connectivity index (χ3v) is 2.71. The fourth-order valence-corrected chi connectivity index (χ4v) is 1.80. The Kier molecular flexibility index (Phi) is 6.22. The van der Waals surface area contributed by atoms with Gasteiger partial charge < -0.3 is 15.7 Å². The molecule has 0 fully saturated rings. The van der Waals surface area contributed by atoms with Gasteiger partial charge in [-0.15, -0.1) is 0 Å². The van der Waals surface area contributed by atoms with Crippen molar-refractivity contribution < 1.29 is 9.90 Å². The van der Waals surface area contributed by atoms with Gasteiger partial charge in [0.2, 0.25) is 0 Å². The number of carbonyl (C=O) groups excluding carboxylic acids is 1. The Morgan fingerprint density at radius 3 is 2.78 bits per heavy atom. The van der Waals surface area contributed by atoms with Gasteiger partial charge >= 0.3 is 0 Å². The number of aliphatic hydroxyl groups excluding tert-OH is 1. The van der Waals surface area contributed by atoms with Gasteiger partial charge in [-0.3, -0.25) is 4.79 Å². The first-order valence-corrected chi connectivity index (χ1v) is 6.43. The number of carbonyl (C=O) groups is 1. The van der Waals surface area contributed by atoms with Crippen molar-refractivity contribution in [3.05, 3.63) is 29.8 Å².